The molecule has 1 aliphatic rings. The minimum Gasteiger partial charge on any atom is -0.312 e. The highest BCUT2D eigenvalue weighted by Gasteiger charge is 2.20. The zero-order valence-electron chi connectivity index (χ0n) is 12.1. The van der Waals surface area contributed by atoms with Crippen LogP contribution in [0.2, 0.25) is 0 Å². The van der Waals surface area contributed by atoms with Crippen LogP contribution in [0.4, 0.5) is 0 Å². The van der Waals surface area contributed by atoms with Gasteiger partial charge in [0.25, 0.3) is 0 Å². The van der Waals surface area contributed by atoms with Crippen molar-refractivity contribution >= 4 is 44.9 Å². The van der Waals surface area contributed by atoms with Gasteiger partial charge < -0.3 is 5.32 Å². The van der Waals surface area contributed by atoms with Crippen LogP contribution in [-0.4, -0.2) is 44.0 Å². The molecule has 0 spiro atoms. The van der Waals surface area contributed by atoms with Crippen LogP contribution >= 0.6 is 34.9 Å². The average molecular weight is 367 g/mol. The van der Waals surface area contributed by atoms with Crippen molar-refractivity contribution < 1.29 is 8.42 Å². The number of hydrogen-bond donors (Lipinski definition) is 2. The van der Waals surface area contributed by atoms with Crippen LogP contribution in [0.25, 0.3) is 0 Å². The Morgan fingerprint density at radius 1 is 1.38 bits per heavy atom. The van der Waals surface area contributed by atoms with Crippen LogP contribution in [0.3, 0.4) is 0 Å². The lowest BCUT2D eigenvalue weighted by Gasteiger charge is -2.20. The third-order valence-corrected chi connectivity index (χ3v) is 8.39. The highest BCUT2D eigenvalue weighted by molar-refractivity contribution is 8.06. The lowest BCUT2D eigenvalue weighted by Crippen LogP contribution is -2.33. The Bertz CT molecular complexity index is 524. The Morgan fingerprint density at radius 3 is 2.95 bits per heavy atom. The van der Waals surface area contributed by atoms with Crippen molar-refractivity contribution in [2.45, 2.75) is 30.0 Å². The Morgan fingerprint density at radius 2 is 2.24 bits per heavy atom. The SMILES string of the molecule is CCCNCc1cc(S(=O)(=O)NCC2CSCCS2)cs1. The van der Waals surface area contributed by atoms with Gasteiger partial charge in [-0.2, -0.15) is 23.5 Å². The fourth-order valence-corrected chi connectivity index (χ4v) is 6.97. The monoisotopic (exact) mass is 366 g/mol. The normalized spacial score (nSPS) is 19.8. The zero-order valence-corrected chi connectivity index (χ0v) is 15.4. The number of nitrogens with one attached hydrogen (secondary N) is 2. The molecule has 21 heavy (non-hydrogen) atoms. The first kappa shape index (κ1) is 17.6. The maximum Gasteiger partial charge on any atom is 0.241 e. The molecule has 2 rings (SSSR count). The summed E-state index contributed by atoms with van der Waals surface area (Å²) in [5, 5.41) is 5.41. The van der Waals surface area contributed by atoms with Crippen LogP contribution in [0.5, 0.6) is 0 Å². The fraction of sp³-hybridized carbons (Fsp3) is 0.692. The highest BCUT2D eigenvalue weighted by Crippen LogP contribution is 2.24. The highest BCUT2D eigenvalue weighted by atomic mass is 32.2. The molecule has 1 aliphatic heterocycles. The van der Waals surface area contributed by atoms with Gasteiger partial charge in [0.2, 0.25) is 10.0 Å². The van der Waals surface area contributed by atoms with Gasteiger partial charge in [0, 0.05) is 45.9 Å². The van der Waals surface area contributed by atoms with E-state index in [2.05, 4.69) is 17.0 Å². The molecule has 120 valence electrons. The van der Waals surface area contributed by atoms with E-state index < -0.39 is 10.0 Å². The number of sulfonamides is 1. The molecule has 1 aromatic heterocycles. The van der Waals surface area contributed by atoms with Crippen molar-refractivity contribution in [2.75, 3.05) is 30.3 Å². The molecule has 0 bridgehead atoms. The third kappa shape index (κ3) is 5.76. The van der Waals surface area contributed by atoms with Crippen molar-refractivity contribution in [2.24, 2.45) is 0 Å². The zero-order chi connectivity index (χ0) is 15.1. The van der Waals surface area contributed by atoms with Gasteiger partial charge in [0.15, 0.2) is 0 Å². The standard InChI is InChI=1S/C13H22N2O2S4/c1-2-3-14-7-11-6-13(10-20-11)21(16,17)15-8-12-9-18-4-5-19-12/h6,10,12,14-15H,2-5,7-9H2,1H3. The lowest BCUT2D eigenvalue weighted by atomic mass is 10.4. The second-order valence-electron chi connectivity index (χ2n) is 4.85. The first-order valence-corrected chi connectivity index (χ1v) is 11.7. The molecule has 1 atom stereocenters. The van der Waals surface area contributed by atoms with Gasteiger partial charge in [-0.1, -0.05) is 6.92 Å². The summed E-state index contributed by atoms with van der Waals surface area (Å²) in [4.78, 5) is 1.46. The predicted molar refractivity (Wildman–Crippen MR) is 95.1 cm³/mol. The maximum atomic E-state index is 12.3. The number of hydrogen-bond acceptors (Lipinski definition) is 6. The summed E-state index contributed by atoms with van der Waals surface area (Å²) in [7, 11) is -3.36. The predicted octanol–water partition coefficient (Wildman–Crippen LogP) is 2.37. The molecular formula is C13H22N2O2S4. The van der Waals surface area contributed by atoms with Crippen LogP contribution in [0.15, 0.2) is 16.3 Å². The Labute approximate surface area is 139 Å². The number of rotatable bonds is 8. The molecule has 0 saturated carbocycles. The molecule has 0 aromatic carbocycles. The number of thiophene rings is 1. The van der Waals surface area contributed by atoms with Gasteiger partial charge in [-0.3, -0.25) is 0 Å². The largest absolute Gasteiger partial charge is 0.312 e. The summed E-state index contributed by atoms with van der Waals surface area (Å²) in [5.41, 5.74) is 0. The van der Waals surface area contributed by atoms with Gasteiger partial charge in [-0.05, 0) is 19.0 Å². The summed E-state index contributed by atoms with van der Waals surface area (Å²) < 4.78 is 27.3. The molecule has 2 N–H and O–H groups in total. The molecule has 1 saturated heterocycles. The summed E-state index contributed by atoms with van der Waals surface area (Å²) in [6, 6.07) is 1.78. The quantitative estimate of drug-likeness (QED) is 0.692. The Balaban J connectivity index is 1.86. The molecule has 8 heteroatoms. The van der Waals surface area contributed by atoms with E-state index >= 15 is 0 Å². The summed E-state index contributed by atoms with van der Waals surface area (Å²) in [5.74, 6) is 3.32. The van der Waals surface area contributed by atoms with E-state index in [1.165, 1.54) is 17.1 Å². The third-order valence-electron chi connectivity index (χ3n) is 3.05. The van der Waals surface area contributed by atoms with E-state index in [0.29, 0.717) is 16.7 Å². The summed E-state index contributed by atoms with van der Waals surface area (Å²) in [6.45, 7) is 4.33. The second-order valence-corrected chi connectivity index (χ2v) is 10.2. The van der Waals surface area contributed by atoms with E-state index in [9.17, 15) is 8.42 Å². The molecular weight excluding hydrogens is 344 g/mol. The van der Waals surface area contributed by atoms with Crippen LogP contribution in [0, 0.1) is 0 Å². The van der Waals surface area contributed by atoms with Gasteiger partial charge in [-0.15, -0.1) is 11.3 Å². The van der Waals surface area contributed by atoms with Crippen molar-refractivity contribution in [3.05, 3.63) is 16.3 Å². The van der Waals surface area contributed by atoms with E-state index in [1.54, 1.807) is 11.4 Å². The van der Waals surface area contributed by atoms with Crippen molar-refractivity contribution in [1.82, 2.24) is 10.0 Å². The minimum atomic E-state index is -3.36. The maximum absolute atomic E-state index is 12.3. The first-order chi connectivity index (χ1) is 10.1. The fourth-order valence-electron chi connectivity index (χ4n) is 1.92. The lowest BCUT2D eigenvalue weighted by molar-refractivity contribution is 0.582. The smallest absolute Gasteiger partial charge is 0.241 e. The van der Waals surface area contributed by atoms with Gasteiger partial charge in [-0.25, -0.2) is 13.1 Å². The van der Waals surface area contributed by atoms with E-state index in [0.717, 1.165) is 35.9 Å². The molecule has 0 aliphatic carbocycles. The molecule has 4 nitrogen and oxygen atoms in total. The van der Waals surface area contributed by atoms with Crippen LogP contribution < -0.4 is 10.0 Å². The summed E-state index contributed by atoms with van der Waals surface area (Å²) in [6.07, 6.45) is 1.08. The van der Waals surface area contributed by atoms with E-state index in [-0.39, 0.29) is 0 Å². The minimum absolute atomic E-state index is 0.392. The topological polar surface area (TPSA) is 58.2 Å². The molecule has 1 fully saturated rings. The van der Waals surface area contributed by atoms with E-state index in [4.69, 9.17) is 0 Å². The molecule has 0 amide bonds. The second kappa shape index (κ2) is 8.79. The van der Waals surface area contributed by atoms with Gasteiger partial charge >= 0.3 is 0 Å². The summed E-state index contributed by atoms with van der Waals surface area (Å²) >= 11 is 5.26. The van der Waals surface area contributed by atoms with Crippen molar-refractivity contribution in [3.63, 3.8) is 0 Å². The number of thioether (sulfide) groups is 2. The molecule has 1 unspecified atom stereocenters. The van der Waals surface area contributed by atoms with Crippen LogP contribution in [0.1, 0.15) is 18.2 Å². The van der Waals surface area contributed by atoms with E-state index in [1.807, 2.05) is 23.5 Å². The Kier molecular flexibility index (Phi) is 7.37. The van der Waals surface area contributed by atoms with Crippen molar-refractivity contribution in [1.29, 1.82) is 0 Å². The first-order valence-electron chi connectivity index (χ1n) is 7.09. The average Bonchev–Trinajstić information content (AvgIpc) is 2.96. The van der Waals surface area contributed by atoms with Crippen LogP contribution in [-0.2, 0) is 16.6 Å². The van der Waals surface area contributed by atoms with Crippen molar-refractivity contribution in [3.8, 4) is 0 Å². The van der Waals surface area contributed by atoms with Gasteiger partial charge in [0.1, 0.15) is 0 Å². The molecule has 0 radical (unpaired) electrons. The Hall–Kier alpha value is 0.270. The van der Waals surface area contributed by atoms with Gasteiger partial charge in [0.05, 0.1) is 4.90 Å². The molecule has 2 heterocycles. The molecule has 1 aromatic rings.